The lowest BCUT2D eigenvalue weighted by molar-refractivity contribution is -0.384. The van der Waals surface area contributed by atoms with Crippen molar-refractivity contribution in [3.05, 3.63) is 62.6 Å². The number of nitro benzene ring substituents is 1. The number of carbonyl (C=O) groups is 1. The monoisotopic (exact) mass is 445 g/mol. The zero-order chi connectivity index (χ0) is 21.1. The molecule has 2 rings (SSSR count). The van der Waals surface area contributed by atoms with E-state index >= 15 is 0 Å². The van der Waals surface area contributed by atoms with E-state index in [-0.39, 0.29) is 28.5 Å². The van der Waals surface area contributed by atoms with Crippen LogP contribution in [0.5, 0.6) is 0 Å². The van der Waals surface area contributed by atoms with E-state index in [1.807, 2.05) is 0 Å². The average Bonchev–Trinajstić information content (AvgIpc) is 2.61. The van der Waals surface area contributed by atoms with E-state index in [4.69, 9.17) is 23.2 Å². The summed E-state index contributed by atoms with van der Waals surface area (Å²) in [4.78, 5) is 23.2. The topological polar surface area (TPSA) is 110 Å². The van der Waals surface area contributed by atoms with Crippen molar-refractivity contribution in [3.63, 3.8) is 0 Å². The van der Waals surface area contributed by atoms with Crippen LogP contribution in [0.2, 0.25) is 10.0 Å². The number of carbonyl (C=O) groups excluding carboxylic acids is 1. The third-order valence-corrected chi connectivity index (χ3v) is 5.59. The molecule has 0 heterocycles. The van der Waals surface area contributed by atoms with E-state index in [2.05, 4.69) is 5.32 Å². The Kier molecular flexibility index (Phi) is 6.87. The Morgan fingerprint density at radius 1 is 1.21 bits per heavy atom. The second-order valence-electron chi connectivity index (χ2n) is 5.87. The lowest BCUT2D eigenvalue weighted by atomic mass is 10.1. The summed E-state index contributed by atoms with van der Waals surface area (Å²) in [6, 6.07) is 8.48. The van der Waals surface area contributed by atoms with Gasteiger partial charge < -0.3 is 5.32 Å². The lowest BCUT2D eigenvalue weighted by Crippen LogP contribution is -2.47. The number of halogens is 2. The number of nitrogens with one attached hydrogen (secondary N) is 1. The van der Waals surface area contributed by atoms with Crippen molar-refractivity contribution in [3.8, 4) is 0 Å². The Hall–Kier alpha value is -2.36. The van der Waals surface area contributed by atoms with E-state index in [1.54, 1.807) is 6.92 Å². The number of benzene rings is 2. The van der Waals surface area contributed by atoms with Gasteiger partial charge in [0.15, 0.2) is 0 Å². The number of rotatable bonds is 7. The maximum atomic E-state index is 12.8. The molecule has 0 radical (unpaired) electrons. The molecule has 0 aromatic heterocycles. The van der Waals surface area contributed by atoms with Crippen molar-refractivity contribution in [2.24, 2.45) is 0 Å². The summed E-state index contributed by atoms with van der Waals surface area (Å²) < 4.78 is 25.7. The molecule has 0 saturated carbocycles. The fraction of sp³-hybridized carbons (Fsp3) is 0.235. The Morgan fingerprint density at radius 2 is 1.82 bits per heavy atom. The molecule has 11 heteroatoms. The summed E-state index contributed by atoms with van der Waals surface area (Å²) in [7, 11) is -3.82. The molecule has 0 aliphatic rings. The first-order valence-corrected chi connectivity index (χ1v) is 10.6. The van der Waals surface area contributed by atoms with E-state index in [0.29, 0.717) is 5.02 Å². The highest BCUT2D eigenvalue weighted by molar-refractivity contribution is 7.92. The molecule has 0 spiro atoms. The highest BCUT2D eigenvalue weighted by Crippen LogP contribution is 2.29. The van der Waals surface area contributed by atoms with Crippen LogP contribution in [0.1, 0.15) is 13.3 Å². The number of sulfonamides is 1. The number of hydrogen-bond acceptors (Lipinski definition) is 5. The highest BCUT2D eigenvalue weighted by atomic mass is 35.5. The second-order valence-corrected chi connectivity index (χ2v) is 8.57. The van der Waals surface area contributed by atoms with Gasteiger partial charge in [-0.15, -0.1) is 0 Å². The minimum atomic E-state index is -3.82. The first-order chi connectivity index (χ1) is 13.0. The average molecular weight is 446 g/mol. The van der Waals surface area contributed by atoms with Crippen LogP contribution in [0.3, 0.4) is 0 Å². The largest absolute Gasteiger partial charge is 0.323 e. The summed E-state index contributed by atoms with van der Waals surface area (Å²) in [6.45, 7) is 1.65. The highest BCUT2D eigenvalue weighted by Gasteiger charge is 2.32. The molecule has 0 aliphatic heterocycles. The van der Waals surface area contributed by atoms with Crippen LogP contribution in [-0.2, 0) is 14.8 Å². The predicted molar refractivity (Wildman–Crippen MR) is 110 cm³/mol. The van der Waals surface area contributed by atoms with Crippen LogP contribution >= 0.6 is 23.2 Å². The molecule has 0 bridgehead atoms. The van der Waals surface area contributed by atoms with Gasteiger partial charge in [0, 0.05) is 17.2 Å². The molecule has 0 fully saturated rings. The molecule has 2 aromatic carbocycles. The molecule has 150 valence electrons. The number of non-ortho nitro benzene ring substituents is 1. The van der Waals surface area contributed by atoms with Crippen LogP contribution < -0.4 is 9.62 Å². The van der Waals surface area contributed by atoms with Gasteiger partial charge in [-0.05, 0) is 36.8 Å². The number of nitrogens with zero attached hydrogens (tertiary/aromatic N) is 2. The Morgan fingerprint density at radius 3 is 2.32 bits per heavy atom. The van der Waals surface area contributed by atoms with E-state index < -0.39 is 26.9 Å². The van der Waals surface area contributed by atoms with E-state index in [9.17, 15) is 23.3 Å². The third-order valence-electron chi connectivity index (χ3n) is 3.83. The molecule has 28 heavy (non-hydrogen) atoms. The molecule has 2 aromatic rings. The Labute approximate surface area is 172 Å². The molecule has 0 saturated heterocycles. The smallest absolute Gasteiger partial charge is 0.271 e. The minimum Gasteiger partial charge on any atom is -0.323 e. The summed E-state index contributed by atoms with van der Waals surface area (Å²) in [6.07, 6.45) is 1.13. The fourth-order valence-electron chi connectivity index (χ4n) is 2.59. The maximum absolute atomic E-state index is 12.8. The van der Waals surface area contributed by atoms with Crippen molar-refractivity contribution < 1.29 is 18.1 Å². The van der Waals surface area contributed by atoms with Gasteiger partial charge in [-0.25, -0.2) is 8.42 Å². The van der Waals surface area contributed by atoms with Gasteiger partial charge in [0.2, 0.25) is 15.9 Å². The van der Waals surface area contributed by atoms with Crippen molar-refractivity contribution in [2.45, 2.75) is 19.4 Å². The van der Waals surface area contributed by atoms with Gasteiger partial charge >= 0.3 is 0 Å². The maximum Gasteiger partial charge on any atom is 0.271 e. The SMILES string of the molecule is CC[C@H](C(=O)Nc1cc([N+](=O)[O-])ccc1Cl)N(c1ccc(Cl)cc1)S(C)(=O)=O. The molecule has 0 aliphatic carbocycles. The van der Waals surface area contributed by atoms with Gasteiger partial charge in [-0.1, -0.05) is 30.1 Å². The molecular weight excluding hydrogens is 429 g/mol. The molecule has 1 atom stereocenters. The number of anilines is 2. The molecule has 8 nitrogen and oxygen atoms in total. The normalized spacial score (nSPS) is 12.3. The van der Waals surface area contributed by atoms with Crippen LogP contribution in [-0.4, -0.2) is 31.5 Å². The first kappa shape index (κ1) is 21.9. The molecule has 0 unspecified atom stereocenters. The zero-order valence-corrected chi connectivity index (χ0v) is 17.3. The van der Waals surface area contributed by atoms with Crippen LogP contribution in [0, 0.1) is 10.1 Å². The minimum absolute atomic E-state index is 0.0175. The van der Waals surface area contributed by atoms with Crippen LogP contribution in [0.25, 0.3) is 0 Å². The molecule has 1 amide bonds. The lowest BCUT2D eigenvalue weighted by Gasteiger charge is -2.30. The van der Waals surface area contributed by atoms with Crippen molar-refractivity contribution in [1.29, 1.82) is 0 Å². The van der Waals surface area contributed by atoms with Crippen LogP contribution in [0.15, 0.2) is 42.5 Å². The van der Waals surface area contributed by atoms with E-state index in [1.165, 1.54) is 36.4 Å². The van der Waals surface area contributed by atoms with Gasteiger partial charge in [-0.3, -0.25) is 19.2 Å². The number of nitro groups is 1. The van der Waals surface area contributed by atoms with Crippen molar-refractivity contribution in [2.75, 3.05) is 15.9 Å². The van der Waals surface area contributed by atoms with Gasteiger partial charge in [0.1, 0.15) is 6.04 Å². The molecular formula is C17H17Cl2N3O5S. The zero-order valence-electron chi connectivity index (χ0n) is 14.9. The van der Waals surface area contributed by atoms with Crippen molar-refractivity contribution in [1.82, 2.24) is 0 Å². The number of amides is 1. The number of hydrogen-bond donors (Lipinski definition) is 1. The van der Waals surface area contributed by atoms with Gasteiger partial charge in [-0.2, -0.15) is 0 Å². The second kappa shape index (κ2) is 8.76. The quantitative estimate of drug-likeness (QED) is 0.509. The standard InChI is InChI=1S/C17H17Cl2N3O5S/c1-3-16(21(28(2,26)27)12-6-4-11(18)5-7-12)17(23)20-15-10-13(22(24)25)8-9-14(15)19/h4-10,16H,3H2,1-2H3,(H,20,23)/t16-/m1/s1. The summed E-state index contributed by atoms with van der Waals surface area (Å²) in [5.41, 5.74) is 0.0216. The van der Waals surface area contributed by atoms with Crippen molar-refractivity contribution >= 4 is 56.2 Å². The van der Waals surface area contributed by atoms with Gasteiger partial charge in [0.25, 0.3) is 5.69 Å². The Bertz CT molecular complexity index is 996. The predicted octanol–water partition coefficient (Wildman–Crippen LogP) is 4.08. The van der Waals surface area contributed by atoms with E-state index in [0.717, 1.165) is 16.6 Å². The fourth-order valence-corrected chi connectivity index (χ4v) is 4.09. The first-order valence-electron chi connectivity index (χ1n) is 8.04. The molecule has 1 N–H and O–H groups in total. The summed E-state index contributed by atoms with van der Waals surface area (Å²) >= 11 is 11.9. The Balaban J connectivity index is 2.41. The van der Waals surface area contributed by atoms with Gasteiger partial charge in [0.05, 0.1) is 27.6 Å². The summed E-state index contributed by atoms with van der Waals surface area (Å²) in [5.74, 6) is -0.676. The third kappa shape index (κ3) is 5.12. The summed E-state index contributed by atoms with van der Waals surface area (Å²) in [5, 5.41) is 13.9. The van der Waals surface area contributed by atoms with Crippen LogP contribution in [0.4, 0.5) is 17.1 Å².